The van der Waals surface area contributed by atoms with Gasteiger partial charge >= 0.3 is 0 Å². The van der Waals surface area contributed by atoms with Gasteiger partial charge in [-0.05, 0) is 85.8 Å². The van der Waals surface area contributed by atoms with Crippen molar-refractivity contribution < 1.29 is 14.3 Å². The molecule has 0 radical (unpaired) electrons. The van der Waals surface area contributed by atoms with E-state index in [1.165, 1.54) is 16.6 Å². The van der Waals surface area contributed by atoms with E-state index in [2.05, 4.69) is 77.3 Å². The summed E-state index contributed by atoms with van der Waals surface area (Å²) >= 11 is 0. The molecule has 222 valence electrons. The van der Waals surface area contributed by atoms with E-state index in [1.54, 1.807) is 0 Å². The molecule has 4 aliphatic rings. The van der Waals surface area contributed by atoms with Crippen molar-refractivity contribution in [2.75, 3.05) is 36.5 Å². The standard InChI is InChI=1S/C35H44N4O3/c1-23-31(27-8-4-5-9-29(27)36-23)32-28(34(32,2)3)22-30(40)39(26-14-15-26)35(16-6-7-17-35)33(41)37-24-10-12-25(13-11-24)38-18-20-42-21-19-38/h4-5,8-13,26,28,32,36H,6-7,14-22H2,1-3H3,(H,37,41)/t28-,32-/m1/s1. The maximum absolute atomic E-state index is 14.3. The third-order valence-corrected chi connectivity index (χ3v) is 10.7. The number of para-hydroxylation sites is 1. The number of aromatic nitrogens is 1. The largest absolute Gasteiger partial charge is 0.378 e. The van der Waals surface area contributed by atoms with E-state index in [4.69, 9.17) is 4.74 Å². The zero-order valence-corrected chi connectivity index (χ0v) is 25.2. The van der Waals surface area contributed by atoms with Crippen LogP contribution in [0.2, 0.25) is 0 Å². The Morgan fingerprint density at radius 2 is 1.71 bits per heavy atom. The number of carbonyl (C=O) groups excluding carboxylic acids is 2. The molecule has 2 amide bonds. The van der Waals surface area contributed by atoms with Gasteiger partial charge in [0.2, 0.25) is 11.8 Å². The van der Waals surface area contributed by atoms with E-state index in [0.29, 0.717) is 12.3 Å². The normalized spacial score (nSPS) is 24.5. The molecule has 3 aliphatic carbocycles. The lowest BCUT2D eigenvalue weighted by atomic mass is 9.91. The van der Waals surface area contributed by atoms with E-state index in [9.17, 15) is 9.59 Å². The Morgan fingerprint density at radius 1 is 1.02 bits per heavy atom. The second-order valence-electron chi connectivity index (χ2n) is 13.7. The summed E-state index contributed by atoms with van der Waals surface area (Å²) in [5.74, 6) is 0.740. The van der Waals surface area contributed by atoms with Crippen LogP contribution in [0, 0.1) is 18.3 Å². The molecular weight excluding hydrogens is 524 g/mol. The number of morpholine rings is 1. The molecule has 1 saturated heterocycles. The van der Waals surface area contributed by atoms with Gasteiger partial charge in [0.05, 0.1) is 13.2 Å². The molecule has 0 unspecified atom stereocenters. The average Bonchev–Trinajstić information content (AvgIpc) is 3.78. The number of fused-ring (bicyclic) bond motifs is 1. The summed E-state index contributed by atoms with van der Waals surface area (Å²) in [6, 6.07) is 16.8. The summed E-state index contributed by atoms with van der Waals surface area (Å²) in [5.41, 5.74) is 4.95. The van der Waals surface area contributed by atoms with E-state index in [-0.39, 0.29) is 29.2 Å². The SMILES string of the molecule is Cc1[nH]c2ccccc2c1[C@H]1[C@@H](CC(=O)N(C2CC2)C2(C(=O)Nc3ccc(N4CCOCC4)cc3)CCCC2)C1(C)C. The monoisotopic (exact) mass is 568 g/mol. The molecule has 1 aromatic heterocycles. The highest BCUT2D eigenvalue weighted by atomic mass is 16.5. The summed E-state index contributed by atoms with van der Waals surface area (Å²) in [5, 5.41) is 4.51. The number of H-pyrrole nitrogens is 1. The van der Waals surface area contributed by atoms with Crippen LogP contribution < -0.4 is 10.2 Å². The van der Waals surface area contributed by atoms with Crippen molar-refractivity contribution in [2.45, 2.75) is 83.2 Å². The number of anilines is 2. The predicted molar refractivity (Wildman–Crippen MR) is 167 cm³/mol. The van der Waals surface area contributed by atoms with Gasteiger partial charge in [-0.1, -0.05) is 44.9 Å². The summed E-state index contributed by atoms with van der Waals surface area (Å²) in [4.78, 5) is 36.4. The highest BCUT2D eigenvalue weighted by molar-refractivity contribution is 6.01. The summed E-state index contributed by atoms with van der Waals surface area (Å²) in [6.07, 6.45) is 5.93. The number of carbonyl (C=O) groups is 2. The zero-order valence-electron chi connectivity index (χ0n) is 25.2. The molecule has 7 heteroatoms. The first-order valence-electron chi connectivity index (χ1n) is 15.9. The number of hydrogen-bond acceptors (Lipinski definition) is 4. The van der Waals surface area contributed by atoms with Crippen molar-refractivity contribution in [1.82, 2.24) is 9.88 Å². The van der Waals surface area contributed by atoms with Gasteiger partial charge in [-0.25, -0.2) is 0 Å². The molecule has 42 heavy (non-hydrogen) atoms. The molecule has 2 heterocycles. The van der Waals surface area contributed by atoms with Gasteiger partial charge in [-0.3, -0.25) is 9.59 Å². The van der Waals surface area contributed by atoms with E-state index >= 15 is 0 Å². The van der Waals surface area contributed by atoms with Crippen molar-refractivity contribution in [2.24, 2.45) is 11.3 Å². The minimum absolute atomic E-state index is 0.0153. The highest BCUT2D eigenvalue weighted by Crippen LogP contribution is 2.67. The topological polar surface area (TPSA) is 77.7 Å². The fourth-order valence-electron chi connectivity index (χ4n) is 8.17. The third kappa shape index (κ3) is 4.70. The molecule has 2 aromatic carbocycles. The van der Waals surface area contributed by atoms with Crippen LogP contribution in [0.5, 0.6) is 0 Å². The minimum atomic E-state index is -0.758. The maximum Gasteiger partial charge on any atom is 0.250 e. The molecule has 0 spiro atoms. The maximum atomic E-state index is 14.3. The number of hydrogen-bond donors (Lipinski definition) is 2. The lowest BCUT2D eigenvalue weighted by molar-refractivity contribution is -0.146. The Balaban J connectivity index is 1.10. The molecule has 2 atom stereocenters. The lowest BCUT2D eigenvalue weighted by Crippen LogP contribution is -2.58. The highest BCUT2D eigenvalue weighted by Gasteiger charge is 2.61. The Morgan fingerprint density at radius 3 is 2.40 bits per heavy atom. The molecule has 4 fully saturated rings. The van der Waals surface area contributed by atoms with Crippen molar-refractivity contribution in [3.05, 3.63) is 59.8 Å². The first kappa shape index (κ1) is 27.5. The van der Waals surface area contributed by atoms with Gasteiger partial charge in [-0.2, -0.15) is 0 Å². The molecule has 3 aromatic rings. The van der Waals surface area contributed by atoms with E-state index in [1.807, 2.05) is 12.1 Å². The summed E-state index contributed by atoms with van der Waals surface area (Å²) in [7, 11) is 0. The number of nitrogens with one attached hydrogen (secondary N) is 2. The Kier molecular flexibility index (Phi) is 6.84. The van der Waals surface area contributed by atoms with Crippen molar-refractivity contribution >= 4 is 34.1 Å². The molecule has 3 saturated carbocycles. The Hall–Kier alpha value is -3.32. The number of aromatic amines is 1. The van der Waals surface area contributed by atoms with Crippen LogP contribution in [0.1, 0.15) is 76.0 Å². The number of nitrogens with zero attached hydrogens (tertiary/aromatic N) is 2. The van der Waals surface area contributed by atoms with Gasteiger partial charge in [0, 0.05) is 53.5 Å². The van der Waals surface area contributed by atoms with Crippen LogP contribution in [-0.4, -0.2) is 59.6 Å². The van der Waals surface area contributed by atoms with Crippen LogP contribution >= 0.6 is 0 Å². The lowest BCUT2D eigenvalue weighted by Gasteiger charge is -2.40. The first-order chi connectivity index (χ1) is 20.3. The first-order valence-corrected chi connectivity index (χ1v) is 15.9. The molecule has 7 rings (SSSR count). The van der Waals surface area contributed by atoms with Crippen LogP contribution in [-0.2, 0) is 14.3 Å². The van der Waals surface area contributed by atoms with Crippen molar-refractivity contribution in [3.63, 3.8) is 0 Å². The second kappa shape index (κ2) is 10.4. The van der Waals surface area contributed by atoms with Gasteiger partial charge in [0.25, 0.3) is 0 Å². The molecular formula is C35H44N4O3. The van der Waals surface area contributed by atoms with E-state index < -0.39 is 5.54 Å². The molecule has 2 N–H and O–H groups in total. The van der Waals surface area contributed by atoms with Crippen LogP contribution in [0.15, 0.2) is 48.5 Å². The molecule has 7 nitrogen and oxygen atoms in total. The summed E-state index contributed by atoms with van der Waals surface area (Å²) in [6.45, 7) is 10.0. The second-order valence-corrected chi connectivity index (χ2v) is 13.7. The molecule has 1 aliphatic heterocycles. The van der Waals surface area contributed by atoms with Crippen LogP contribution in [0.3, 0.4) is 0 Å². The number of benzene rings is 2. The quantitative estimate of drug-likeness (QED) is 0.330. The Bertz CT molecular complexity index is 1480. The number of rotatable bonds is 8. The van der Waals surface area contributed by atoms with Crippen molar-refractivity contribution in [1.29, 1.82) is 0 Å². The van der Waals surface area contributed by atoms with Crippen LogP contribution in [0.25, 0.3) is 10.9 Å². The van der Waals surface area contributed by atoms with Gasteiger partial charge in [-0.15, -0.1) is 0 Å². The summed E-state index contributed by atoms with van der Waals surface area (Å²) < 4.78 is 5.49. The smallest absolute Gasteiger partial charge is 0.250 e. The minimum Gasteiger partial charge on any atom is -0.378 e. The average molecular weight is 569 g/mol. The van der Waals surface area contributed by atoms with Gasteiger partial charge < -0.3 is 24.8 Å². The fraction of sp³-hybridized carbons (Fsp3) is 0.543. The fourth-order valence-corrected chi connectivity index (χ4v) is 8.17. The Labute approximate surface area is 249 Å². The van der Waals surface area contributed by atoms with Gasteiger partial charge in [0.15, 0.2) is 0 Å². The van der Waals surface area contributed by atoms with E-state index in [0.717, 1.165) is 81.7 Å². The number of amides is 2. The van der Waals surface area contributed by atoms with Gasteiger partial charge in [0.1, 0.15) is 5.54 Å². The van der Waals surface area contributed by atoms with Crippen molar-refractivity contribution in [3.8, 4) is 0 Å². The predicted octanol–water partition coefficient (Wildman–Crippen LogP) is 6.39. The number of ether oxygens (including phenoxy) is 1. The zero-order chi connectivity index (χ0) is 29.1. The van der Waals surface area contributed by atoms with Crippen LogP contribution in [0.4, 0.5) is 11.4 Å². The third-order valence-electron chi connectivity index (χ3n) is 10.7. The molecule has 0 bridgehead atoms. The number of aryl methyl sites for hydroxylation is 1.